The summed E-state index contributed by atoms with van der Waals surface area (Å²) in [7, 11) is 4.77. The zero-order valence-electron chi connectivity index (χ0n) is 11.8. The SMILES string of the molecule is CNCC(=O)NCC(O)c1cc(OC)cc(OC)c1.Cl. The third-order valence-corrected chi connectivity index (χ3v) is 2.59. The van der Waals surface area contributed by atoms with E-state index < -0.39 is 6.10 Å². The highest BCUT2D eigenvalue weighted by Crippen LogP contribution is 2.26. The summed E-state index contributed by atoms with van der Waals surface area (Å²) in [6.07, 6.45) is -0.815. The highest BCUT2D eigenvalue weighted by molar-refractivity contribution is 5.85. The summed E-state index contributed by atoms with van der Waals surface area (Å²) < 4.78 is 10.2. The number of likely N-dealkylation sites (N-methyl/N-ethyl adjacent to an activating group) is 1. The Labute approximate surface area is 124 Å². The van der Waals surface area contributed by atoms with Crippen molar-refractivity contribution in [3.05, 3.63) is 23.8 Å². The van der Waals surface area contributed by atoms with Crippen molar-refractivity contribution in [3.63, 3.8) is 0 Å². The van der Waals surface area contributed by atoms with Crippen LogP contribution in [0.4, 0.5) is 0 Å². The quantitative estimate of drug-likeness (QED) is 0.683. The number of nitrogens with one attached hydrogen (secondary N) is 2. The lowest BCUT2D eigenvalue weighted by atomic mass is 10.1. The number of methoxy groups -OCH3 is 2. The number of aliphatic hydroxyl groups is 1. The molecule has 1 aromatic carbocycles. The minimum Gasteiger partial charge on any atom is -0.497 e. The van der Waals surface area contributed by atoms with Gasteiger partial charge in [0.05, 0.1) is 26.9 Å². The van der Waals surface area contributed by atoms with Crippen molar-refractivity contribution in [2.24, 2.45) is 0 Å². The van der Waals surface area contributed by atoms with Gasteiger partial charge in [0, 0.05) is 12.6 Å². The Kier molecular flexibility index (Phi) is 8.71. The van der Waals surface area contributed by atoms with Gasteiger partial charge in [0.2, 0.25) is 5.91 Å². The van der Waals surface area contributed by atoms with Crippen LogP contribution >= 0.6 is 12.4 Å². The fraction of sp³-hybridized carbons (Fsp3) is 0.462. The molecule has 20 heavy (non-hydrogen) atoms. The molecule has 0 saturated heterocycles. The Balaban J connectivity index is 0.00000361. The molecular weight excluding hydrogens is 284 g/mol. The molecule has 0 aliphatic carbocycles. The second-order valence-corrected chi connectivity index (χ2v) is 4.00. The number of hydrogen-bond acceptors (Lipinski definition) is 5. The average molecular weight is 305 g/mol. The maximum absolute atomic E-state index is 11.3. The molecule has 0 heterocycles. The van der Waals surface area contributed by atoms with Crippen LogP contribution in [-0.4, -0.2) is 45.4 Å². The molecule has 0 spiro atoms. The number of halogens is 1. The monoisotopic (exact) mass is 304 g/mol. The van der Waals surface area contributed by atoms with Crippen molar-refractivity contribution >= 4 is 18.3 Å². The topological polar surface area (TPSA) is 79.8 Å². The fourth-order valence-electron chi connectivity index (χ4n) is 1.57. The number of hydrogen-bond donors (Lipinski definition) is 3. The van der Waals surface area contributed by atoms with Gasteiger partial charge in [-0.15, -0.1) is 12.4 Å². The number of amides is 1. The van der Waals surface area contributed by atoms with Crippen LogP contribution in [-0.2, 0) is 4.79 Å². The molecule has 0 radical (unpaired) electrons. The summed E-state index contributed by atoms with van der Waals surface area (Å²) in [6.45, 7) is 0.352. The van der Waals surface area contributed by atoms with E-state index >= 15 is 0 Å². The molecule has 0 saturated carbocycles. The number of carbonyl (C=O) groups excluding carboxylic acids is 1. The molecule has 3 N–H and O–H groups in total. The molecule has 0 aromatic heterocycles. The van der Waals surface area contributed by atoms with E-state index in [2.05, 4.69) is 10.6 Å². The van der Waals surface area contributed by atoms with Gasteiger partial charge in [0.15, 0.2) is 0 Å². The molecule has 0 aliphatic heterocycles. The average Bonchev–Trinajstić information content (AvgIpc) is 2.44. The van der Waals surface area contributed by atoms with Gasteiger partial charge in [0.1, 0.15) is 11.5 Å². The number of ether oxygens (including phenoxy) is 2. The first-order chi connectivity index (χ1) is 9.10. The number of aliphatic hydroxyl groups excluding tert-OH is 1. The van der Waals surface area contributed by atoms with Crippen molar-refractivity contribution in [2.75, 3.05) is 34.4 Å². The second kappa shape index (κ2) is 9.41. The van der Waals surface area contributed by atoms with Crippen molar-refractivity contribution in [1.29, 1.82) is 0 Å². The summed E-state index contributed by atoms with van der Waals surface area (Å²) in [5, 5.41) is 15.4. The lowest BCUT2D eigenvalue weighted by molar-refractivity contribution is -0.120. The first-order valence-corrected chi connectivity index (χ1v) is 5.93. The predicted molar refractivity (Wildman–Crippen MR) is 78.7 cm³/mol. The summed E-state index contributed by atoms with van der Waals surface area (Å²) in [5.74, 6) is 1.02. The largest absolute Gasteiger partial charge is 0.497 e. The summed E-state index contributed by atoms with van der Waals surface area (Å²) >= 11 is 0. The molecule has 0 aliphatic rings. The molecule has 6 nitrogen and oxygen atoms in total. The molecule has 114 valence electrons. The maximum atomic E-state index is 11.3. The highest BCUT2D eigenvalue weighted by Gasteiger charge is 2.12. The van der Waals surface area contributed by atoms with E-state index in [4.69, 9.17) is 9.47 Å². The van der Waals surface area contributed by atoms with Crippen LogP contribution < -0.4 is 20.1 Å². The van der Waals surface area contributed by atoms with Gasteiger partial charge in [0.25, 0.3) is 0 Å². The van der Waals surface area contributed by atoms with Crippen LogP contribution in [0.15, 0.2) is 18.2 Å². The van der Waals surface area contributed by atoms with Crippen LogP contribution in [0.5, 0.6) is 11.5 Å². The number of benzene rings is 1. The predicted octanol–water partition coefficient (Wildman–Crippen LogP) is 0.495. The fourth-order valence-corrected chi connectivity index (χ4v) is 1.57. The Bertz CT molecular complexity index is 407. The zero-order valence-corrected chi connectivity index (χ0v) is 12.6. The molecule has 1 rings (SSSR count). The van der Waals surface area contributed by atoms with Crippen molar-refractivity contribution < 1.29 is 19.4 Å². The third-order valence-electron chi connectivity index (χ3n) is 2.59. The van der Waals surface area contributed by atoms with Gasteiger partial charge in [-0.3, -0.25) is 4.79 Å². The van der Waals surface area contributed by atoms with Crippen LogP contribution in [0.25, 0.3) is 0 Å². The Hall–Kier alpha value is -1.50. The maximum Gasteiger partial charge on any atom is 0.234 e. The minimum atomic E-state index is -0.815. The van der Waals surface area contributed by atoms with E-state index in [0.717, 1.165) is 0 Å². The Morgan fingerprint density at radius 2 is 1.80 bits per heavy atom. The van der Waals surface area contributed by atoms with Gasteiger partial charge < -0.3 is 25.2 Å². The van der Waals surface area contributed by atoms with Gasteiger partial charge in [-0.05, 0) is 24.7 Å². The van der Waals surface area contributed by atoms with E-state index in [1.165, 1.54) is 0 Å². The molecule has 7 heteroatoms. The lowest BCUT2D eigenvalue weighted by Gasteiger charge is -2.14. The van der Waals surface area contributed by atoms with Gasteiger partial charge in [-0.2, -0.15) is 0 Å². The molecular formula is C13H21ClN2O4. The molecule has 0 fully saturated rings. The third kappa shape index (κ3) is 5.64. The van der Waals surface area contributed by atoms with Crippen LogP contribution in [0, 0.1) is 0 Å². The Morgan fingerprint density at radius 1 is 1.25 bits per heavy atom. The molecule has 1 unspecified atom stereocenters. The van der Waals surface area contributed by atoms with Gasteiger partial charge >= 0.3 is 0 Å². The molecule has 0 bridgehead atoms. The highest BCUT2D eigenvalue weighted by atomic mass is 35.5. The molecule has 1 atom stereocenters. The summed E-state index contributed by atoms with van der Waals surface area (Å²) in [5.41, 5.74) is 0.626. The van der Waals surface area contributed by atoms with Crippen molar-refractivity contribution in [1.82, 2.24) is 10.6 Å². The van der Waals surface area contributed by atoms with E-state index in [1.54, 1.807) is 39.5 Å². The van der Waals surface area contributed by atoms with E-state index in [1.807, 2.05) is 0 Å². The van der Waals surface area contributed by atoms with Crippen LogP contribution in [0.3, 0.4) is 0 Å². The first kappa shape index (κ1) is 18.5. The van der Waals surface area contributed by atoms with Crippen LogP contribution in [0.2, 0.25) is 0 Å². The van der Waals surface area contributed by atoms with E-state index in [-0.39, 0.29) is 31.4 Å². The molecule has 1 aromatic rings. The van der Waals surface area contributed by atoms with Crippen LogP contribution in [0.1, 0.15) is 11.7 Å². The normalized spacial score (nSPS) is 11.2. The summed E-state index contributed by atoms with van der Waals surface area (Å²) in [6, 6.07) is 5.13. The first-order valence-electron chi connectivity index (χ1n) is 5.93. The zero-order chi connectivity index (χ0) is 14.3. The van der Waals surface area contributed by atoms with Crippen molar-refractivity contribution in [2.45, 2.75) is 6.10 Å². The lowest BCUT2D eigenvalue weighted by Crippen LogP contribution is -2.34. The van der Waals surface area contributed by atoms with Crippen molar-refractivity contribution in [3.8, 4) is 11.5 Å². The standard InChI is InChI=1S/C13H20N2O4.ClH/c1-14-8-13(17)15-7-12(16)9-4-10(18-2)6-11(5-9)19-3;/h4-6,12,14,16H,7-8H2,1-3H3,(H,15,17);1H. The minimum absolute atomic E-state index is 0. The number of rotatable bonds is 7. The molecule has 1 amide bonds. The second-order valence-electron chi connectivity index (χ2n) is 4.00. The van der Waals surface area contributed by atoms with Gasteiger partial charge in [-0.1, -0.05) is 0 Å². The Morgan fingerprint density at radius 3 is 2.25 bits per heavy atom. The number of carbonyl (C=O) groups is 1. The summed E-state index contributed by atoms with van der Waals surface area (Å²) in [4.78, 5) is 11.3. The van der Waals surface area contributed by atoms with E-state index in [0.29, 0.717) is 17.1 Å². The van der Waals surface area contributed by atoms with Gasteiger partial charge in [-0.25, -0.2) is 0 Å². The smallest absolute Gasteiger partial charge is 0.234 e. The van der Waals surface area contributed by atoms with E-state index in [9.17, 15) is 9.90 Å².